The predicted molar refractivity (Wildman–Crippen MR) is 84.8 cm³/mol. The van der Waals surface area contributed by atoms with Crippen LogP contribution in [-0.2, 0) is 11.3 Å². The van der Waals surface area contributed by atoms with Gasteiger partial charge in [0.2, 0.25) is 5.91 Å². The summed E-state index contributed by atoms with van der Waals surface area (Å²) in [7, 11) is 0. The van der Waals surface area contributed by atoms with E-state index >= 15 is 0 Å². The van der Waals surface area contributed by atoms with Crippen molar-refractivity contribution >= 4 is 16.9 Å². The second-order valence-corrected chi connectivity index (χ2v) is 6.00. The molecule has 114 valence electrons. The van der Waals surface area contributed by atoms with Gasteiger partial charge in [0.05, 0.1) is 22.9 Å². The Balaban J connectivity index is 1.98. The Morgan fingerprint density at radius 1 is 1.43 bits per heavy atom. The smallest absolute Gasteiger partial charge is 0.222 e. The Kier molecular flexibility index (Phi) is 4.63. The maximum Gasteiger partial charge on any atom is 0.222 e. The molecule has 0 aliphatic rings. The minimum atomic E-state index is -0.353. The maximum absolute atomic E-state index is 12.2. The SMILES string of the molecule is CC(C)C(C)(CN)NC(=O)CCn1cnc2ccccc21. The van der Waals surface area contributed by atoms with E-state index in [0.29, 0.717) is 25.4 Å². The van der Waals surface area contributed by atoms with Gasteiger partial charge in [-0.25, -0.2) is 4.98 Å². The van der Waals surface area contributed by atoms with Crippen molar-refractivity contribution < 1.29 is 4.79 Å². The van der Waals surface area contributed by atoms with Crippen molar-refractivity contribution in [1.82, 2.24) is 14.9 Å². The number of nitrogens with zero attached hydrogens (tertiary/aromatic N) is 2. The molecule has 1 unspecified atom stereocenters. The molecule has 2 aromatic rings. The van der Waals surface area contributed by atoms with Crippen molar-refractivity contribution in [3.8, 4) is 0 Å². The van der Waals surface area contributed by atoms with Gasteiger partial charge in [0, 0.05) is 19.5 Å². The van der Waals surface area contributed by atoms with Crippen LogP contribution in [0.2, 0.25) is 0 Å². The quantitative estimate of drug-likeness (QED) is 0.853. The molecule has 0 radical (unpaired) electrons. The van der Waals surface area contributed by atoms with Crippen LogP contribution < -0.4 is 11.1 Å². The lowest BCUT2D eigenvalue weighted by Gasteiger charge is -2.33. The number of nitrogens with one attached hydrogen (secondary N) is 1. The molecule has 0 saturated carbocycles. The number of amides is 1. The highest BCUT2D eigenvalue weighted by Gasteiger charge is 2.28. The minimum Gasteiger partial charge on any atom is -0.349 e. The van der Waals surface area contributed by atoms with Crippen LogP contribution in [0.15, 0.2) is 30.6 Å². The average Bonchev–Trinajstić information content (AvgIpc) is 2.88. The molecule has 3 N–H and O–H groups in total. The van der Waals surface area contributed by atoms with Crippen molar-refractivity contribution in [3.63, 3.8) is 0 Å². The minimum absolute atomic E-state index is 0.0226. The summed E-state index contributed by atoms with van der Waals surface area (Å²) in [5.74, 6) is 0.315. The van der Waals surface area contributed by atoms with E-state index in [1.807, 2.05) is 35.8 Å². The summed E-state index contributed by atoms with van der Waals surface area (Å²) in [5, 5.41) is 3.06. The average molecular weight is 288 g/mol. The Hall–Kier alpha value is -1.88. The van der Waals surface area contributed by atoms with Gasteiger partial charge in [-0.2, -0.15) is 0 Å². The molecule has 0 spiro atoms. The van der Waals surface area contributed by atoms with Crippen LogP contribution in [0.25, 0.3) is 11.0 Å². The van der Waals surface area contributed by atoms with Gasteiger partial charge in [0.15, 0.2) is 0 Å². The van der Waals surface area contributed by atoms with E-state index in [4.69, 9.17) is 5.73 Å². The third-order valence-corrected chi connectivity index (χ3v) is 4.23. The van der Waals surface area contributed by atoms with Crippen molar-refractivity contribution in [1.29, 1.82) is 0 Å². The summed E-state index contributed by atoms with van der Waals surface area (Å²) >= 11 is 0. The largest absolute Gasteiger partial charge is 0.349 e. The summed E-state index contributed by atoms with van der Waals surface area (Å²) in [6, 6.07) is 7.92. The first-order valence-electron chi connectivity index (χ1n) is 7.37. The number of nitrogens with two attached hydrogens (primary N) is 1. The molecule has 1 heterocycles. The standard InChI is InChI=1S/C16H24N4O/c1-12(2)16(3,10-17)19-15(21)8-9-20-11-18-13-6-4-5-7-14(13)20/h4-7,11-12H,8-10,17H2,1-3H3,(H,19,21). The molecule has 1 aromatic heterocycles. The van der Waals surface area contributed by atoms with Crippen molar-refractivity contribution in [2.75, 3.05) is 6.54 Å². The first kappa shape index (κ1) is 15.5. The number of imidazole rings is 1. The third kappa shape index (κ3) is 3.42. The highest BCUT2D eigenvalue weighted by Crippen LogP contribution is 2.16. The van der Waals surface area contributed by atoms with Gasteiger partial charge >= 0.3 is 0 Å². The number of rotatable bonds is 6. The van der Waals surface area contributed by atoms with Crippen molar-refractivity contribution in [3.05, 3.63) is 30.6 Å². The van der Waals surface area contributed by atoms with Crippen LogP contribution in [0, 0.1) is 5.92 Å². The van der Waals surface area contributed by atoms with Crippen LogP contribution in [0.1, 0.15) is 27.2 Å². The topological polar surface area (TPSA) is 72.9 Å². The number of aryl methyl sites for hydroxylation is 1. The lowest BCUT2D eigenvalue weighted by molar-refractivity contribution is -0.123. The monoisotopic (exact) mass is 288 g/mol. The lowest BCUT2D eigenvalue weighted by atomic mass is 9.88. The van der Waals surface area contributed by atoms with Gasteiger partial charge < -0.3 is 15.6 Å². The molecule has 1 atom stereocenters. The molecular formula is C16H24N4O. The molecule has 0 saturated heterocycles. The number of benzene rings is 1. The zero-order valence-electron chi connectivity index (χ0n) is 13.0. The molecule has 0 aliphatic carbocycles. The number of carbonyl (C=O) groups excluding carboxylic acids is 1. The van der Waals surface area contributed by atoms with Gasteiger partial charge in [0.25, 0.3) is 0 Å². The Morgan fingerprint density at radius 3 is 2.81 bits per heavy atom. The summed E-state index contributed by atoms with van der Waals surface area (Å²) < 4.78 is 2.00. The highest BCUT2D eigenvalue weighted by atomic mass is 16.1. The van der Waals surface area contributed by atoms with E-state index in [-0.39, 0.29) is 11.4 Å². The summed E-state index contributed by atoms with van der Waals surface area (Å²) in [6.45, 7) is 7.17. The number of hydrogen-bond acceptors (Lipinski definition) is 3. The second kappa shape index (κ2) is 6.26. The Bertz CT molecular complexity index is 620. The normalized spacial score (nSPS) is 14.3. The fourth-order valence-corrected chi connectivity index (χ4v) is 2.22. The van der Waals surface area contributed by atoms with Gasteiger partial charge in [0.1, 0.15) is 0 Å². The second-order valence-electron chi connectivity index (χ2n) is 6.00. The zero-order valence-corrected chi connectivity index (χ0v) is 13.0. The Labute approximate surface area is 125 Å². The number of para-hydroxylation sites is 2. The molecule has 0 fully saturated rings. The molecule has 5 nitrogen and oxygen atoms in total. The maximum atomic E-state index is 12.2. The zero-order chi connectivity index (χ0) is 15.5. The number of hydrogen-bond donors (Lipinski definition) is 2. The molecule has 21 heavy (non-hydrogen) atoms. The lowest BCUT2D eigenvalue weighted by Crippen LogP contribution is -2.55. The van der Waals surface area contributed by atoms with E-state index in [2.05, 4.69) is 24.1 Å². The molecular weight excluding hydrogens is 264 g/mol. The first-order chi connectivity index (χ1) is 9.96. The molecule has 2 rings (SSSR count). The summed E-state index contributed by atoms with van der Waals surface area (Å²) in [6.07, 6.45) is 2.20. The van der Waals surface area contributed by atoms with Crippen molar-refractivity contribution in [2.45, 2.75) is 39.3 Å². The summed E-state index contributed by atoms with van der Waals surface area (Å²) in [4.78, 5) is 16.5. The molecule has 0 aliphatic heterocycles. The van der Waals surface area contributed by atoms with Crippen LogP contribution in [0.4, 0.5) is 0 Å². The van der Waals surface area contributed by atoms with E-state index in [1.165, 1.54) is 0 Å². The fraction of sp³-hybridized carbons (Fsp3) is 0.500. The number of carbonyl (C=O) groups is 1. The van der Waals surface area contributed by atoms with Crippen molar-refractivity contribution in [2.24, 2.45) is 11.7 Å². The molecule has 1 amide bonds. The van der Waals surface area contributed by atoms with E-state index in [0.717, 1.165) is 11.0 Å². The third-order valence-electron chi connectivity index (χ3n) is 4.23. The molecule has 0 bridgehead atoms. The highest BCUT2D eigenvalue weighted by molar-refractivity contribution is 5.78. The van der Waals surface area contributed by atoms with Gasteiger partial charge in [-0.3, -0.25) is 4.79 Å². The molecule has 1 aromatic carbocycles. The van der Waals surface area contributed by atoms with Crippen LogP contribution in [0.3, 0.4) is 0 Å². The summed E-state index contributed by atoms with van der Waals surface area (Å²) in [5.41, 5.74) is 7.44. The van der Waals surface area contributed by atoms with Crippen LogP contribution in [0.5, 0.6) is 0 Å². The predicted octanol–water partition coefficient (Wildman–Crippen LogP) is 1.92. The van der Waals surface area contributed by atoms with E-state index < -0.39 is 0 Å². The Morgan fingerprint density at radius 2 is 2.14 bits per heavy atom. The van der Waals surface area contributed by atoms with E-state index in [9.17, 15) is 4.79 Å². The fourth-order valence-electron chi connectivity index (χ4n) is 2.22. The van der Waals surface area contributed by atoms with Gasteiger partial charge in [-0.15, -0.1) is 0 Å². The van der Waals surface area contributed by atoms with Crippen LogP contribution in [-0.4, -0.2) is 27.5 Å². The van der Waals surface area contributed by atoms with Gasteiger partial charge in [-0.05, 0) is 25.0 Å². The van der Waals surface area contributed by atoms with E-state index in [1.54, 1.807) is 6.33 Å². The first-order valence-corrected chi connectivity index (χ1v) is 7.37. The van der Waals surface area contributed by atoms with Gasteiger partial charge in [-0.1, -0.05) is 26.0 Å². The molecule has 5 heteroatoms. The van der Waals surface area contributed by atoms with Crippen LogP contribution >= 0.6 is 0 Å². The number of fused-ring (bicyclic) bond motifs is 1. The number of aromatic nitrogens is 2.